The summed E-state index contributed by atoms with van der Waals surface area (Å²) >= 11 is 0. The SMILES string of the molecule is COC(=O)CN(Cc1cccc(OCCc2nc(-c3ccccc3)oc2C)c1)C(=O)Oc1cccc(OC2CC2)c1. The number of hydrogen-bond donors (Lipinski definition) is 0. The zero-order valence-corrected chi connectivity index (χ0v) is 23.1. The molecule has 4 aromatic rings. The maximum absolute atomic E-state index is 13.1. The third-order valence-electron chi connectivity index (χ3n) is 6.44. The predicted octanol–water partition coefficient (Wildman–Crippen LogP) is 5.99. The van der Waals surface area contributed by atoms with Crippen LogP contribution in [-0.4, -0.2) is 48.3 Å². The number of ether oxygens (including phenoxy) is 4. The highest BCUT2D eigenvalue weighted by atomic mass is 16.6. The minimum Gasteiger partial charge on any atom is -0.493 e. The molecule has 1 aliphatic rings. The van der Waals surface area contributed by atoms with Crippen LogP contribution in [-0.2, 0) is 22.5 Å². The molecular weight excluding hydrogens is 524 g/mol. The summed E-state index contributed by atoms with van der Waals surface area (Å²) in [5.41, 5.74) is 2.52. The number of aromatic nitrogens is 1. The van der Waals surface area contributed by atoms with Gasteiger partial charge < -0.3 is 23.4 Å². The molecule has 9 nitrogen and oxygen atoms in total. The van der Waals surface area contributed by atoms with E-state index in [-0.39, 0.29) is 19.2 Å². The number of carbonyl (C=O) groups is 2. The Labute approximate surface area is 238 Å². The lowest BCUT2D eigenvalue weighted by Crippen LogP contribution is -2.37. The number of amides is 1. The summed E-state index contributed by atoms with van der Waals surface area (Å²) in [5, 5.41) is 0. The highest BCUT2D eigenvalue weighted by Gasteiger charge is 2.24. The lowest BCUT2D eigenvalue weighted by atomic mass is 10.2. The molecule has 3 aromatic carbocycles. The van der Waals surface area contributed by atoms with Crippen molar-refractivity contribution in [3.8, 4) is 28.7 Å². The van der Waals surface area contributed by atoms with Gasteiger partial charge in [-0.05, 0) is 61.7 Å². The number of benzene rings is 3. The largest absolute Gasteiger partial charge is 0.493 e. The Morgan fingerprint density at radius 3 is 2.49 bits per heavy atom. The van der Waals surface area contributed by atoms with Crippen LogP contribution in [0.1, 0.15) is 29.9 Å². The van der Waals surface area contributed by atoms with Gasteiger partial charge in [-0.2, -0.15) is 0 Å². The summed E-state index contributed by atoms with van der Waals surface area (Å²) < 4.78 is 28.0. The van der Waals surface area contributed by atoms with Gasteiger partial charge in [-0.15, -0.1) is 0 Å². The summed E-state index contributed by atoms with van der Waals surface area (Å²) in [5.74, 6) is 2.38. The van der Waals surface area contributed by atoms with Crippen LogP contribution < -0.4 is 14.2 Å². The van der Waals surface area contributed by atoms with Gasteiger partial charge in [0.1, 0.15) is 29.6 Å². The van der Waals surface area contributed by atoms with E-state index in [0.29, 0.717) is 36.2 Å². The minimum atomic E-state index is -0.680. The van der Waals surface area contributed by atoms with Crippen molar-refractivity contribution in [2.75, 3.05) is 20.3 Å². The fraction of sp³-hybridized carbons (Fsp3) is 0.281. The highest BCUT2D eigenvalue weighted by Crippen LogP contribution is 2.29. The van der Waals surface area contributed by atoms with Gasteiger partial charge in [0, 0.05) is 24.6 Å². The highest BCUT2D eigenvalue weighted by molar-refractivity contribution is 5.79. The molecule has 1 amide bonds. The summed E-state index contributed by atoms with van der Waals surface area (Å²) in [6.45, 7) is 2.12. The first-order valence-corrected chi connectivity index (χ1v) is 13.5. The Hall–Kier alpha value is -4.79. The molecule has 1 saturated carbocycles. The van der Waals surface area contributed by atoms with Crippen molar-refractivity contribution in [3.63, 3.8) is 0 Å². The van der Waals surface area contributed by atoms with Gasteiger partial charge in [0.2, 0.25) is 5.89 Å². The molecule has 41 heavy (non-hydrogen) atoms. The van der Waals surface area contributed by atoms with Crippen LogP contribution in [0.2, 0.25) is 0 Å². The Morgan fingerprint density at radius 1 is 0.951 bits per heavy atom. The predicted molar refractivity (Wildman–Crippen MR) is 151 cm³/mol. The average molecular weight is 557 g/mol. The summed E-state index contributed by atoms with van der Waals surface area (Å²) in [7, 11) is 1.28. The van der Waals surface area contributed by atoms with E-state index in [1.807, 2.05) is 67.6 Å². The number of esters is 1. The Kier molecular flexibility index (Phi) is 8.83. The smallest absolute Gasteiger partial charge is 0.416 e. The van der Waals surface area contributed by atoms with Gasteiger partial charge in [-0.3, -0.25) is 9.69 Å². The van der Waals surface area contributed by atoms with Gasteiger partial charge >= 0.3 is 12.1 Å². The van der Waals surface area contributed by atoms with E-state index in [0.717, 1.165) is 35.4 Å². The van der Waals surface area contributed by atoms with Crippen LogP contribution in [0.15, 0.2) is 83.3 Å². The fourth-order valence-corrected chi connectivity index (χ4v) is 4.14. The topological polar surface area (TPSA) is 100 Å². The van der Waals surface area contributed by atoms with Gasteiger partial charge in [0.15, 0.2) is 0 Å². The van der Waals surface area contributed by atoms with Crippen LogP contribution in [0, 0.1) is 6.92 Å². The van der Waals surface area contributed by atoms with Crippen LogP contribution in [0.25, 0.3) is 11.5 Å². The first kappa shape index (κ1) is 27.8. The van der Waals surface area contributed by atoms with Gasteiger partial charge in [0.25, 0.3) is 0 Å². The first-order valence-electron chi connectivity index (χ1n) is 13.5. The number of methoxy groups -OCH3 is 1. The zero-order chi connectivity index (χ0) is 28.6. The van der Waals surface area contributed by atoms with E-state index < -0.39 is 12.1 Å². The van der Waals surface area contributed by atoms with Crippen LogP contribution in [0.5, 0.6) is 17.2 Å². The fourth-order valence-electron chi connectivity index (χ4n) is 4.14. The van der Waals surface area contributed by atoms with Crippen LogP contribution in [0.3, 0.4) is 0 Å². The van der Waals surface area contributed by atoms with Crippen LogP contribution in [0.4, 0.5) is 4.79 Å². The Morgan fingerprint density at radius 2 is 1.71 bits per heavy atom. The molecule has 5 rings (SSSR count). The molecule has 0 radical (unpaired) electrons. The number of rotatable bonds is 12. The summed E-state index contributed by atoms with van der Waals surface area (Å²) in [4.78, 5) is 31.1. The molecule has 0 spiro atoms. The standard InChI is InChI=1S/C32H32N2O7/c1-22-29(33-31(39-22)24-9-4-3-5-10-24)16-17-38-26-11-6-8-23(18-26)20-34(21-30(35)37-2)32(36)41-28-13-7-12-27(19-28)40-25-14-15-25/h3-13,18-19,25H,14-17,20-21H2,1-2H3. The first-order chi connectivity index (χ1) is 20.0. The van der Waals surface area contributed by atoms with Gasteiger partial charge in [0.05, 0.1) is 25.5 Å². The summed E-state index contributed by atoms with van der Waals surface area (Å²) in [6.07, 6.45) is 2.15. The van der Waals surface area contributed by atoms with E-state index >= 15 is 0 Å². The second kappa shape index (κ2) is 13.0. The van der Waals surface area contributed by atoms with Crippen molar-refractivity contribution in [1.29, 1.82) is 0 Å². The van der Waals surface area contributed by atoms with Crippen molar-refractivity contribution in [3.05, 3.63) is 95.9 Å². The Balaban J connectivity index is 1.20. The van der Waals surface area contributed by atoms with Gasteiger partial charge in [-0.1, -0.05) is 36.4 Å². The number of oxazole rings is 1. The lowest BCUT2D eigenvalue weighted by Gasteiger charge is -2.21. The second-order valence-electron chi connectivity index (χ2n) is 9.73. The lowest BCUT2D eigenvalue weighted by molar-refractivity contribution is -0.141. The molecule has 0 aliphatic heterocycles. The summed E-state index contributed by atoms with van der Waals surface area (Å²) in [6, 6.07) is 24.0. The number of nitrogens with zero attached hydrogens (tertiary/aromatic N) is 2. The van der Waals surface area contributed by atoms with E-state index in [2.05, 4.69) is 4.98 Å². The third-order valence-corrected chi connectivity index (χ3v) is 6.44. The quantitative estimate of drug-likeness (QED) is 0.196. The molecule has 1 fully saturated rings. The molecule has 1 aliphatic carbocycles. The maximum Gasteiger partial charge on any atom is 0.416 e. The molecular formula is C32H32N2O7. The van der Waals surface area contributed by atoms with E-state index in [1.54, 1.807) is 18.2 Å². The van der Waals surface area contributed by atoms with Crippen molar-refractivity contribution in [2.45, 2.75) is 38.8 Å². The molecule has 1 aromatic heterocycles. The van der Waals surface area contributed by atoms with Crippen molar-refractivity contribution in [2.24, 2.45) is 0 Å². The van der Waals surface area contributed by atoms with E-state index in [9.17, 15) is 9.59 Å². The van der Waals surface area contributed by atoms with Crippen LogP contribution >= 0.6 is 0 Å². The molecule has 0 bridgehead atoms. The van der Waals surface area contributed by atoms with Crippen molar-refractivity contribution < 1.29 is 33.0 Å². The molecule has 9 heteroatoms. The monoisotopic (exact) mass is 556 g/mol. The molecule has 212 valence electrons. The minimum absolute atomic E-state index is 0.117. The number of hydrogen-bond acceptors (Lipinski definition) is 8. The number of aryl methyl sites for hydroxylation is 1. The molecule has 0 saturated heterocycles. The number of carbonyl (C=O) groups excluding carboxylic acids is 2. The molecule has 0 unspecified atom stereocenters. The maximum atomic E-state index is 13.1. The Bertz CT molecular complexity index is 1480. The second-order valence-corrected chi connectivity index (χ2v) is 9.73. The average Bonchev–Trinajstić information content (AvgIpc) is 3.72. The normalized spacial score (nSPS) is 12.4. The molecule has 0 N–H and O–H groups in total. The van der Waals surface area contributed by atoms with Crippen molar-refractivity contribution >= 4 is 12.1 Å². The molecule has 1 heterocycles. The molecule has 0 atom stereocenters. The van der Waals surface area contributed by atoms with Gasteiger partial charge in [-0.25, -0.2) is 9.78 Å². The van der Waals surface area contributed by atoms with Crippen molar-refractivity contribution in [1.82, 2.24) is 9.88 Å². The zero-order valence-electron chi connectivity index (χ0n) is 23.1. The van der Waals surface area contributed by atoms with E-state index in [4.69, 9.17) is 23.4 Å². The third kappa shape index (κ3) is 7.88. The van der Waals surface area contributed by atoms with E-state index in [1.165, 1.54) is 12.0 Å².